The Balaban J connectivity index is 1.16. The first-order chi connectivity index (χ1) is 21.8. The third-order valence-corrected chi connectivity index (χ3v) is 10.1. The van der Waals surface area contributed by atoms with Crippen molar-refractivity contribution >= 4 is 5.97 Å². The van der Waals surface area contributed by atoms with Crippen LogP contribution in [0.5, 0.6) is 0 Å². The van der Waals surface area contributed by atoms with Gasteiger partial charge in [-0.15, -0.1) is 0 Å². The Morgan fingerprint density at radius 2 is 1.09 bits per heavy atom. The first kappa shape index (κ1) is 38.4. The van der Waals surface area contributed by atoms with E-state index in [4.69, 9.17) is 14.2 Å². The maximum absolute atomic E-state index is 11.7. The molecule has 0 aromatic carbocycles. The maximum atomic E-state index is 11.7. The molecule has 9 atom stereocenters. The number of ether oxygens (including phenoxy) is 3. The Kier molecular flexibility index (Phi) is 18.6. The van der Waals surface area contributed by atoms with Crippen molar-refractivity contribution in [1.82, 2.24) is 0 Å². The zero-order valence-electron chi connectivity index (χ0n) is 28.5. The first-order valence-corrected chi connectivity index (χ1v) is 18.7. The van der Waals surface area contributed by atoms with Gasteiger partial charge in [0.2, 0.25) is 0 Å². The number of aliphatic hydroxyl groups is 4. The molecular formula is C37H66O8. The lowest BCUT2D eigenvalue weighted by Crippen LogP contribution is -2.33. The van der Waals surface area contributed by atoms with Crippen LogP contribution in [0.4, 0.5) is 0 Å². The molecule has 262 valence electrons. The monoisotopic (exact) mass is 638 g/mol. The number of unbranched alkanes of at least 4 members (excludes halogenated alkanes) is 10. The van der Waals surface area contributed by atoms with Gasteiger partial charge in [-0.25, -0.2) is 4.79 Å². The molecule has 3 aliphatic heterocycles. The predicted molar refractivity (Wildman–Crippen MR) is 177 cm³/mol. The van der Waals surface area contributed by atoms with Crippen LogP contribution in [0.25, 0.3) is 0 Å². The average Bonchev–Trinajstić information content (AvgIpc) is 3.76. The van der Waals surface area contributed by atoms with Gasteiger partial charge in [0.15, 0.2) is 0 Å². The number of cyclic esters (lactones) is 1. The van der Waals surface area contributed by atoms with Crippen LogP contribution in [-0.4, -0.2) is 81.3 Å². The number of esters is 1. The van der Waals surface area contributed by atoms with Crippen LogP contribution >= 0.6 is 0 Å². The summed E-state index contributed by atoms with van der Waals surface area (Å²) in [6.07, 6.45) is 21.7. The number of rotatable bonds is 25. The molecule has 0 bridgehead atoms. The molecule has 0 amide bonds. The third-order valence-electron chi connectivity index (χ3n) is 10.1. The Hall–Kier alpha value is -1.03. The van der Waals surface area contributed by atoms with Crippen molar-refractivity contribution in [2.24, 2.45) is 0 Å². The van der Waals surface area contributed by atoms with E-state index in [0.717, 1.165) is 83.5 Å². The van der Waals surface area contributed by atoms with Gasteiger partial charge in [-0.05, 0) is 70.8 Å². The van der Waals surface area contributed by atoms with Gasteiger partial charge < -0.3 is 34.6 Å². The summed E-state index contributed by atoms with van der Waals surface area (Å²) in [5, 5.41) is 42.0. The molecule has 0 aromatic heterocycles. The van der Waals surface area contributed by atoms with Gasteiger partial charge >= 0.3 is 5.97 Å². The van der Waals surface area contributed by atoms with Crippen molar-refractivity contribution in [3.63, 3.8) is 0 Å². The van der Waals surface area contributed by atoms with E-state index in [-0.39, 0.29) is 42.6 Å². The lowest BCUT2D eigenvalue weighted by Gasteiger charge is -2.24. The minimum absolute atomic E-state index is 0.00732. The van der Waals surface area contributed by atoms with Gasteiger partial charge in [-0.3, -0.25) is 0 Å². The molecule has 3 rings (SSSR count). The average molecular weight is 639 g/mol. The zero-order chi connectivity index (χ0) is 32.4. The Morgan fingerprint density at radius 3 is 1.62 bits per heavy atom. The van der Waals surface area contributed by atoms with Gasteiger partial charge in [0.05, 0.1) is 48.8 Å². The molecule has 8 nitrogen and oxygen atoms in total. The molecule has 0 aliphatic carbocycles. The molecule has 3 heterocycles. The second-order valence-electron chi connectivity index (χ2n) is 14.2. The number of carbonyl (C=O) groups excluding carboxylic acids is 1. The minimum atomic E-state index is -0.533. The van der Waals surface area contributed by atoms with Gasteiger partial charge in [0.1, 0.15) is 6.10 Å². The summed E-state index contributed by atoms with van der Waals surface area (Å²) in [6, 6.07) is 0. The van der Waals surface area contributed by atoms with Crippen molar-refractivity contribution in [2.75, 3.05) is 0 Å². The standard InChI is InChI=1S/C37H66O8/c1-3-4-5-6-7-8-9-13-19-31(40)33-21-23-35(44-33)36-24-22-34(45-36)32(41)20-15-14-17-29(38)16-11-10-12-18-30(39)26-28-25-27(2)43-37(28)42/h25,27,29-36,38-41H,3-24,26H2,1-2H3/t27-,29+,30+,31-,32+,33+,34+,35+,36+/m0/s1. The fraction of sp³-hybridized carbons (Fsp3) is 0.919. The van der Waals surface area contributed by atoms with Gasteiger partial charge in [-0.1, -0.05) is 90.4 Å². The van der Waals surface area contributed by atoms with Gasteiger partial charge in [0.25, 0.3) is 0 Å². The van der Waals surface area contributed by atoms with Crippen LogP contribution < -0.4 is 0 Å². The van der Waals surface area contributed by atoms with E-state index < -0.39 is 18.3 Å². The first-order valence-electron chi connectivity index (χ1n) is 18.7. The topological polar surface area (TPSA) is 126 Å². The molecule has 45 heavy (non-hydrogen) atoms. The van der Waals surface area contributed by atoms with E-state index >= 15 is 0 Å². The van der Waals surface area contributed by atoms with Gasteiger partial charge in [-0.2, -0.15) is 0 Å². The third kappa shape index (κ3) is 14.7. The molecule has 0 radical (unpaired) electrons. The summed E-state index contributed by atoms with van der Waals surface area (Å²) in [7, 11) is 0. The molecule has 0 spiro atoms. The van der Waals surface area contributed by atoms with E-state index in [0.29, 0.717) is 24.8 Å². The molecule has 0 aromatic rings. The molecule has 0 saturated carbocycles. The van der Waals surface area contributed by atoms with Crippen LogP contribution in [0.3, 0.4) is 0 Å². The molecular weight excluding hydrogens is 572 g/mol. The quantitative estimate of drug-likeness (QED) is 0.0634. The number of hydrogen-bond acceptors (Lipinski definition) is 8. The van der Waals surface area contributed by atoms with Crippen molar-refractivity contribution in [3.8, 4) is 0 Å². The van der Waals surface area contributed by atoms with Crippen LogP contribution in [0.2, 0.25) is 0 Å². The maximum Gasteiger partial charge on any atom is 0.334 e. The smallest absolute Gasteiger partial charge is 0.334 e. The summed E-state index contributed by atoms with van der Waals surface area (Å²) >= 11 is 0. The summed E-state index contributed by atoms with van der Waals surface area (Å²) < 4.78 is 17.6. The highest BCUT2D eigenvalue weighted by Crippen LogP contribution is 2.34. The Labute approximate surface area is 273 Å². The zero-order valence-corrected chi connectivity index (χ0v) is 28.5. The number of aliphatic hydroxyl groups excluding tert-OH is 4. The van der Waals surface area contributed by atoms with Gasteiger partial charge in [0, 0.05) is 12.0 Å². The van der Waals surface area contributed by atoms with Crippen molar-refractivity contribution in [1.29, 1.82) is 0 Å². The van der Waals surface area contributed by atoms with Crippen molar-refractivity contribution in [3.05, 3.63) is 11.6 Å². The highest BCUT2D eigenvalue weighted by atomic mass is 16.6. The van der Waals surface area contributed by atoms with E-state index in [1.807, 2.05) is 6.92 Å². The molecule has 8 heteroatoms. The SMILES string of the molecule is CCCCCCCCCC[C@H](O)[C@H]1CC[C@H]([C@H]2CC[C@H]([C@H](O)CCCC[C@H](O)CCCCC[C@@H](O)CC3=C[C@H](C)OC3=O)O2)O1. The lowest BCUT2D eigenvalue weighted by atomic mass is 9.99. The van der Waals surface area contributed by atoms with E-state index in [1.54, 1.807) is 6.08 Å². The van der Waals surface area contributed by atoms with Crippen LogP contribution in [-0.2, 0) is 19.0 Å². The highest BCUT2D eigenvalue weighted by molar-refractivity contribution is 5.90. The molecule has 3 aliphatic rings. The van der Waals surface area contributed by atoms with Crippen molar-refractivity contribution < 1.29 is 39.4 Å². The number of carbonyl (C=O) groups is 1. The van der Waals surface area contributed by atoms with E-state index in [1.165, 1.54) is 44.9 Å². The Morgan fingerprint density at radius 1 is 0.644 bits per heavy atom. The second kappa shape index (κ2) is 21.8. The van der Waals surface area contributed by atoms with Crippen LogP contribution in [0.1, 0.15) is 162 Å². The Bertz CT molecular complexity index is 833. The van der Waals surface area contributed by atoms with Crippen LogP contribution in [0, 0.1) is 0 Å². The predicted octanol–water partition coefficient (Wildman–Crippen LogP) is 6.83. The lowest BCUT2D eigenvalue weighted by molar-refractivity contribution is -0.139. The summed E-state index contributed by atoms with van der Waals surface area (Å²) in [4.78, 5) is 11.7. The summed E-state index contributed by atoms with van der Waals surface area (Å²) in [5.41, 5.74) is 0.575. The fourth-order valence-corrected chi connectivity index (χ4v) is 7.30. The minimum Gasteiger partial charge on any atom is -0.455 e. The largest absolute Gasteiger partial charge is 0.455 e. The van der Waals surface area contributed by atoms with Crippen LogP contribution in [0.15, 0.2) is 11.6 Å². The van der Waals surface area contributed by atoms with E-state index in [9.17, 15) is 25.2 Å². The molecule has 2 fully saturated rings. The fourth-order valence-electron chi connectivity index (χ4n) is 7.30. The van der Waals surface area contributed by atoms with E-state index in [2.05, 4.69) is 6.92 Å². The normalized spacial score (nSPS) is 27.8. The van der Waals surface area contributed by atoms with Crippen molar-refractivity contribution in [2.45, 2.75) is 216 Å². The molecule has 4 N–H and O–H groups in total. The summed E-state index contributed by atoms with van der Waals surface area (Å²) in [6.45, 7) is 4.06. The second-order valence-corrected chi connectivity index (χ2v) is 14.2. The summed E-state index contributed by atoms with van der Waals surface area (Å²) in [5.74, 6) is -0.315. The highest BCUT2D eigenvalue weighted by Gasteiger charge is 2.40. The molecule has 0 unspecified atom stereocenters. The number of hydrogen-bond donors (Lipinski definition) is 4. The molecule has 2 saturated heterocycles.